The van der Waals surface area contributed by atoms with Gasteiger partial charge in [0.15, 0.2) is 0 Å². The van der Waals surface area contributed by atoms with Crippen LogP contribution in [-0.2, 0) is 5.41 Å². The second-order valence-electron chi connectivity index (χ2n) is 16.0. The maximum Gasteiger partial charge on any atom is 0.101 e. The van der Waals surface area contributed by atoms with Gasteiger partial charge >= 0.3 is 0 Å². The fourth-order valence-corrected chi connectivity index (χ4v) is 9.29. The molecule has 3 heteroatoms. The SMILES string of the molecule is CC1(C)c2ccccc2-c2ccc(N(c3cccc(-c4ccccc4)c3)c3ccc4cc(-c5ccccc5)n5nc(-c6ccccc6)c(-c6ccccc6)c5c4c3)cc21. The van der Waals surface area contributed by atoms with Gasteiger partial charge in [-0.15, -0.1) is 0 Å². The lowest BCUT2D eigenvalue weighted by Crippen LogP contribution is -2.16. The third-order valence-corrected chi connectivity index (χ3v) is 12.2. The smallest absolute Gasteiger partial charge is 0.101 e. The van der Waals surface area contributed by atoms with Gasteiger partial charge in [0.1, 0.15) is 5.69 Å². The van der Waals surface area contributed by atoms with Crippen LogP contribution in [0.2, 0.25) is 0 Å². The minimum Gasteiger partial charge on any atom is -0.310 e. The van der Waals surface area contributed by atoms with E-state index in [1.165, 1.54) is 33.4 Å². The van der Waals surface area contributed by atoms with Crippen molar-refractivity contribution in [2.24, 2.45) is 0 Å². The molecule has 0 spiro atoms. The average Bonchev–Trinajstić information content (AvgIpc) is 3.81. The summed E-state index contributed by atoms with van der Waals surface area (Å²) in [6.07, 6.45) is 0. The van der Waals surface area contributed by atoms with Gasteiger partial charge in [-0.05, 0) is 86.8 Å². The second kappa shape index (κ2) is 13.9. The lowest BCUT2D eigenvalue weighted by atomic mass is 9.82. The fraction of sp³-hybridized carbons (Fsp3) is 0.0536. The van der Waals surface area contributed by atoms with Crippen LogP contribution in [0, 0.1) is 0 Å². The summed E-state index contributed by atoms with van der Waals surface area (Å²) in [6, 6.07) is 76.8. The van der Waals surface area contributed by atoms with Crippen LogP contribution in [0.3, 0.4) is 0 Å². The molecule has 2 aromatic heterocycles. The van der Waals surface area contributed by atoms with Gasteiger partial charge in [0.2, 0.25) is 0 Å². The molecule has 3 nitrogen and oxygen atoms in total. The van der Waals surface area contributed by atoms with Gasteiger partial charge in [0.25, 0.3) is 0 Å². The van der Waals surface area contributed by atoms with E-state index in [1.807, 2.05) is 0 Å². The largest absolute Gasteiger partial charge is 0.310 e. The Hall–Kier alpha value is -7.49. The molecule has 1 aliphatic carbocycles. The first kappa shape index (κ1) is 34.7. The van der Waals surface area contributed by atoms with E-state index in [4.69, 9.17) is 5.10 Å². The third-order valence-electron chi connectivity index (χ3n) is 12.2. The maximum absolute atomic E-state index is 5.50. The Balaban J connectivity index is 1.20. The fourth-order valence-electron chi connectivity index (χ4n) is 9.29. The minimum absolute atomic E-state index is 0.140. The first-order chi connectivity index (χ1) is 29.0. The van der Waals surface area contributed by atoms with Gasteiger partial charge in [-0.1, -0.05) is 184 Å². The first-order valence-corrected chi connectivity index (χ1v) is 20.4. The molecule has 10 aromatic rings. The molecular weight excluding hydrogens is 715 g/mol. The Bertz CT molecular complexity index is 3170. The highest BCUT2D eigenvalue weighted by atomic mass is 15.2. The van der Waals surface area contributed by atoms with Gasteiger partial charge in [-0.25, -0.2) is 4.52 Å². The van der Waals surface area contributed by atoms with Crippen LogP contribution >= 0.6 is 0 Å². The number of fused-ring (bicyclic) bond motifs is 6. The normalized spacial score (nSPS) is 12.7. The summed E-state index contributed by atoms with van der Waals surface area (Å²) in [5, 5.41) is 7.79. The number of nitrogens with zero attached hydrogens (tertiary/aromatic N) is 3. The topological polar surface area (TPSA) is 20.5 Å². The standard InChI is InChI=1S/C56H41N3/c1-56(2)50-29-16-15-28-47(50)48-33-32-46(37-51(48)56)58(44-27-17-26-42(34-44)38-18-7-3-8-19-38)45-31-30-43-35-52(39-20-9-4-10-21-39)59-55(49(43)36-45)53(40-22-11-5-12-23-40)54(57-59)41-24-13-6-14-25-41/h3-37H,1-2H3. The van der Waals surface area contributed by atoms with Gasteiger partial charge in [0.05, 0.1) is 11.2 Å². The molecule has 1 aliphatic rings. The summed E-state index contributed by atoms with van der Waals surface area (Å²) in [5.41, 5.74) is 18.4. The van der Waals surface area contributed by atoms with E-state index in [2.05, 4.69) is 236 Å². The summed E-state index contributed by atoms with van der Waals surface area (Å²) in [5.74, 6) is 0. The zero-order chi connectivity index (χ0) is 39.5. The molecule has 0 bridgehead atoms. The van der Waals surface area contributed by atoms with Crippen molar-refractivity contribution in [2.75, 3.05) is 4.90 Å². The molecule has 0 aliphatic heterocycles. The number of aromatic nitrogens is 2. The average molecular weight is 756 g/mol. The summed E-state index contributed by atoms with van der Waals surface area (Å²) in [6.45, 7) is 4.71. The lowest BCUT2D eigenvalue weighted by Gasteiger charge is -2.29. The van der Waals surface area contributed by atoms with E-state index in [0.29, 0.717) is 0 Å². The van der Waals surface area contributed by atoms with Gasteiger partial charge in [-0.3, -0.25) is 0 Å². The number of benzene rings is 8. The molecule has 280 valence electrons. The molecule has 0 atom stereocenters. The summed E-state index contributed by atoms with van der Waals surface area (Å²) < 4.78 is 2.18. The van der Waals surface area contributed by atoms with E-state index in [-0.39, 0.29) is 5.41 Å². The lowest BCUT2D eigenvalue weighted by molar-refractivity contribution is 0.660. The Morgan fingerprint density at radius 2 is 0.983 bits per heavy atom. The van der Waals surface area contributed by atoms with E-state index in [0.717, 1.165) is 67.0 Å². The molecule has 0 unspecified atom stereocenters. The summed E-state index contributed by atoms with van der Waals surface area (Å²) >= 11 is 0. The number of rotatable bonds is 7. The van der Waals surface area contributed by atoms with Crippen molar-refractivity contribution in [3.05, 3.63) is 223 Å². The van der Waals surface area contributed by atoms with E-state index < -0.39 is 0 Å². The molecule has 0 fully saturated rings. The zero-order valence-corrected chi connectivity index (χ0v) is 33.0. The minimum atomic E-state index is -0.140. The van der Waals surface area contributed by atoms with Crippen molar-refractivity contribution >= 4 is 33.4 Å². The van der Waals surface area contributed by atoms with Gasteiger partial charge in [0, 0.05) is 44.6 Å². The van der Waals surface area contributed by atoms with Crippen molar-refractivity contribution in [2.45, 2.75) is 19.3 Å². The predicted octanol–water partition coefficient (Wildman–Crippen LogP) is 14.9. The van der Waals surface area contributed by atoms with Gasteiger partial charge < -0.3 is 4.90 Å². The molecule has 0 radical (unpaired) electrons. The van der Waals surface area contributed by atoms with Crippen LogP contribution in [0.25, 0.3) is 72.2 Å². The number of pyridine rings is 1. The zero-order valence-electron chi connectivity index (χ0n) is 33.0. The van der Waals surface area contributed by atoms with Crippen LogP contribution < -0.4 is 4.90 Å². The molecule has 2 heterocycles. The monoisotopic (exact) mass is 755 g/mol. The van der Waals surface area contributed by atoms with Crippen molar-refractivity contribution in [1.82, 2.24) is 9.61 Å². The van der Waals surface area contributed by atoms with Crippen LogP contribution in [-0.4, -0.2) is 9.61 Å². The third kappa shape index (κ3) is 5.77. The molecule has 0 amide bonds. The Morgan fingerprint density at radius 3 is 1.71 bits per heavy atom. The maximum atomic E-state index is 5.50. The Labute approximate surface area is 345 Å². The Kier molecular flexibility index (Phi) is 8.16. The van der Waals surface area contributed by atoms with Gasteiger partial charge in [-0.2, -0.15) is 5.10 Å². The molecule has 0 saturated carbocycles. The molecule has 11 rings (SSSR count). The summed E-state index contributed by atoms with van der Waals surface area (Å²) in [4.78, 5) is 2.43. The molecule has 8 aromatic carbocycles. The highest BCUT2D eigenvalue weighted by molar-refractivity contribution is 6.10. The van der Waals surface area contributed by atoms with Crippen molar-refractivity contribution in [1.29, 1.82) is 0 Å². The quantitative estimate of drug-likeness (QED) is 0.161. The van der Waals surface area contributed by atoms with Crippen LogP contribution in [0.15, 0.2) is 212 Å². The number of anilines is 3. The molecular formula is C56H41N3. The van der Waals surface area contributed by atoms with Crippen LogP contribution in [0.1, 0.15) is 25.0 Å². The predicted molar refractivity (Wildman–Crippen MR) is 247 cm³/mol. The van der Waals surface area contributed by atoms with Crippen LogP contribution in [0.4, 0.5) is 17.1 Å². The van der Waals surface area contributed by atoms with E-state index >= 15 is 0 Å². The number of hydrogen-bond acceptors (Lipinski definition) is 2. The van der Waals surface area contributed by atoms with Crippen molar-refractivity contribution in [3.8, 4) is 55.9 Å². The molecule has 59 heavy (non-hydrogen) atoms. The number of hydrogen-bond donors (Lipinski definition) is 0. The highest BCUT2D eigenvalue weighted by Gasteiger charge is 2.36. The van der Waals surface area contributed by atoms with Crippen LogP contribution in [0.5, 0.6) is 0 Å². The van der Waals surface area contributed by atoms with Crippen molar-refractivity contribution in [3.63, 3.8) is 0 Å². The van der Waals surface area contributed by atoms with Crippen molar-refractivity contribution < 1.29 is 0 Å². The molecule has 0 saturated heterocycles. The second-order valence-corrected chi connectivity index (χ2v) is 16.0. The van der Waals surface area contributed by atoms with E-state index in [1.54, 1.807) is 0 Å². The first-order valence-electron chi connectivity index (χ1n) is 20.4. The molecule has 0 N–H and O–H groups in total. The Morgan fingerprint density at radius 1 is 0.424 bits per heavy atom. The highest BCUT2D eigenvalue weighted by Crippen LogP contribution is 2.51. The summed E-state index contributed by atoms with van der Waals surface area (Å²) in [7, 11) is 0. The van der Waals surface area contributed by atoms with E-state index in [9.17, 15) is 0 Å².